The molecule has 1 unspecified atom stereocenters. The van der Waals surface area contributed by atoms with Crippen molar-refractivity contribution >= 4 is 17.9 Å². The minimum absolute atomic E-state index is 0.111. The van der Waals surface area contributed by atoms with E-state index in [9.17, 15) is 14.4 Å². The second-order valence-electron chi connectivity index (χ2n) is 15.1. The Labute approximate surface area is 361 Å². The fourth-order valence-corrected chi connectivity index (χ4v) is 5.93. The second kappa shape index (κ2) is 46.8. The van der Waals surface area contributed by atoms with Gasteiger partial charge in [0.15, 0.2) is 6.10 Å². The van der Waals surface area contributed by atoms with Gasteiger partial charge in [0.05, 0.1) is 0 Å². The molecule has 0 aromatic carbocycles. The Kier molecular flexibility index (Phi) is 43.6. The van der Waals surface area contributed by atoms with Crippen molar-refractivity contribution in [3.8, 4) is 0 Å². The van der Waals surface area contributed by atoms with Gasteiger partial charge in [0.2, 0.25) is 0 Å². The van der Waals surface area contributed by atoms with Crippen molar-refractivity contribution in [2.45, 2.75) is 194 Å². The van der Waals surface area contributed by atoms with Gasteiger partial charge in [-0.3, -0.25) is 14.4 Å². The number of hydrogen-bond acceptors (Lipinski definition) is 6. The summed E-state index contributed by atoms with van der Waals surface area (Å²) >= 11 is 0. The highest BCUT2D eigenvalue weighted by atomic mass is 16.6. The Morgan fingerprint density at radius 2 is 0.678 bits per heavy atom. The molecular weight excluding hydrogens is 733 g/mol. The minimum Gasteiger partial charge on any atom is -0.462 e. The largest absolute Gasteiger partial charge is 0.462 e. The maximum atomic E-state index is 12.7. The summed E-state index contributed by atoms with van der Waals surface area (Å²) < 4.78 is 16.7. The van der Waals surface area contributed by atoms with E-state index in [1.165, 1.54) is 38.5 Å². The van der Waals surface area contributed by atoms with Gasteiger partial charge in [-0.05, 0) is 83.5 Å². The summed E-state index contributed by atoms with van der Waals surface area (Å²) in [6, 6.07) is 0. The van der Waals surface area contributed by atoms with Gasteiger partial charge in [-0.15, -0.1) is 0 Å². The summed E-state index contributed by atoms with van der Waals surface area (Å²) in [4.78, 5) is 37.8. The van der Waals surface area contributed by atoms with Crippen molar-refractivity contribution < 1.29 is 28.6 Å². The smallest absolute Gasteiger partial charge is 0.306 e. The lowest BCUT2D eigenvalue weighted by Crippen LogP contribution is -2.30. The first-order valence-corrected chi connectivity index (χ1v) is 23.5. The van der Waals surface area contributed by atoms with Crippen LogP contribution in [0.2, 0.25) is 0 Å². The van der Waals surface area contributed by atoms with E-state index in [0.717, 1.165) is 109 Å². The van der Waals surface area contributed by atoms with Crippen LogP contribution in [0.5, 0.6) is 0 Å². The molecule has 332 valence electrons. The average Bonchev–Trinajstić information content (AvgIpc) is 3.23. The third-order valence-corrected chi connectivity index (χ3v) is 9.43. The quantitative estimate of drug-likeness (QED) is 0.0201. The number of rotatable bonds is 40. The Balaban J connectivity index is 4.54. The number of unbranched alkanes of at least 4 members (excludes halogenated alkanes) is 17. The highest BCUT2D eigenvalue weighted by Gasteiger charge is 2.19. The summed E-state index contributed by atoms with van der Waals surface area (Å²) in [7, 11) is 0. The monoisotopic (exact) mass is 817 g/mol. The first-order valence-electron chi connectivity index (χ1n) is 23.5. The lowest BCUT2D eigenvalue weighted by atomic mass is 10.1. The molecular formula is C53H84O6. The predicted molar refractivity (Wildman–Crippen MR) is 251 cm³/mol. The molecule has 6 nitrogen and oxygen atoms in total. The van der Waals surface area contributed by atoms with E-state index in [2.05, 4.69) is 75.5 Å². The normalized spacial score (nSPS) is 13.1. The molecule has 0 bridgehead atoms. The molecule has 0 amide bonds. The van der Waals surface area contributed by atoms with Crippen molar-refractivity contribution in [1.29, 1.82) is 0 Å². The molecule has 0 aromatic heterocycles. The third-order valence-electron chi connectivity index (χ3n) is 9.43. The SMILES string of the molecule is CC/C=C/C=C/C=C/C=C/C=C/CCCCCC(=O)OCC(COC(=O)CCCCC/C=C/CCCCCCCC)OC(=O)CCCCCCC/C=C/C=C/C=C/CC. The van der Waals surface area contributed by atoms with E-state index in [-0.39, 0.29) is 37.5 Å². The lowest BCUT2D eigenvalue weighted by Gasteiger charge is -2.18. The van der Waals surface area contributed by atoms with Crippen LogP contribution in [0.1, 0.15) is 188 Å². The Morgan fingerprint density at radius 3 is 1.10 bits per heavy atom. The van der Waals surface area contributed by atoms with Crippen LogP contribution >= 0.6 is 0 Å². The summed E-state index contributed by atoms with van der Waals surface area (Å²) in [5, 5.41) is 0. The standard InChI is InChI=1S/C53H84O6/c1-4-7-10-13-16-19-22-25-26-29-31-34-37-40-43-46-52(55)58-49-50(59-53(56)47-44-41-38-35-32-28-24-21-18-15-12-9-6-3)48-57-51(54)45-42-39-36-33-30-27-23-20-17-14-11-8-5-2/h7,9-10,12-13,15-16,18-19,21-22,24-27,29-31,50H,4-6,8,11,14,17,20,23,28,32-49H2,1-3H3/b10-7+,12-9+,16-13+,18-15+,22-19+,24-21+,26-25+,30-27+,31-29+. The van der Waals surface area contributed by atoms with Gasteiger partial charge in [-0.1, -0.05) is 194 Å². The van der Waals surface area contributed by atoms with Crippen LogP contribution in [0.4, 0.5) is 0 Å². The van der Waals surface area contributed by atoms with Gasteiger partial charge in [-0.2, -0.15) is 0 Å². The van der Waals surface area contributed by atoms with E-state index in [1.807, 2.05) is 54.7 Å². The Morgan fingerprint density at radius 1 is 0.356 bits per heavy atom. The predicted octanol–water partition coefficient (Wildman–Crippen LogP) is 15.2. The molecule has 0 heterocycles. The van der Waals surface area contributed by atoms with Crippen LogP contribution in [-0.2, 0) is 28.6 Å². The molecule has 0 saturated heterocycles. The van der Waals surface area contributed by atoms with Crippen molar-refractivity contribution in [3.63, 3.8) is 0 Å². The molecule has 0 N–H and O–H groups in total. The summed E-state index contributed by atoms with van der Waals surface area (Å²) in [6.07, 6.45) is 62.1. The van der Waals surface area contributed by atoms with Crippen LogP contribution < -0.4 is 0 Å². The van der Waals surface area contributed by atoms with Crippen molar-refractivity contribution in [3.05, 3.63) is 109 Å². The summed E-state index contributed by atoms with van der Waals surface area (Å²) in [6.45, 7) is 6.26. The molecule has 1 atom stereocenters. The van der Waals surface area contributed by atoms with Crippen LogP contribution in [0.25, 0.3) is 0 Å². The van der Waals surface area contributed by atoms with Crippen molar-refractivity contribution in [2.24, 2.45) is 0 Å². The Bertz CT molecular complexity index is 1260. The number of carbonyl (C=O) groups is 3. The van der Waals surface area contributed by atoms with Gasteiger partial charge < -0.3 is 14.2 Å². The fraction of sp³-hybridized carbons (Fsp3) is 0.604. The number of allylic oxidation sites excluding steroid dienone is 18. The van der Waals surface area contributed by atoms with Gasteiger partial charge >= 0.3 is 17.9 Å². The zero-order valence-electron chi connectivity index (χ0n) is 37.7. The van der Waals surface area contributed by atoms with Crippen LogP contribution in [0.15, 0.2) is 109 Å². The maximum Gasteiger partial charge on any atom is 0.306 e. The van der Waals surface area contributed by atoms with E-state index in [1.54, 1.807) is 0 Å². The van der Waals surface area contributed by atoms with Gasteiger partial charge in [0.1, 0.15) is 13.2 Å². The minimum atomic E-state index is -0.813. The number of carbonyl (C=O) groups excluding carboxylic acids is 3. The van der Waals surface area contributed by atoms with E-state index in [4.69, 9.17) is 14.2 Å². The first-order chi connectivity index (χ1) is 29.0. The fourth-order valence-electron chi connectivity index (χ4n) is 5.93. The maximum absolute atomic E-state index is 12.7. The van der Waals surface area contributed by atoms with E-state index >= 15 is 0 Å². The molecule has 0 aromatic rings. The molecule has 0 saturated carbocycles. The van der Waals surface area contributed by atoms with Gasteiger partial charge in [-0.25, -0.2) is 0 Å². The van der Waals surface area contributed by atoms with Crippen molar-refractivity contribution in [2.75, 3.05) is 13.2 Å². The number of esters is 3. The third kappa shape index (κ3) is 45.0. The van der Waals surface area contributed by atoms with Gasteiger partial charge in [0.25, 0.3) is 0 Å². The van der Waals surface area contributed by atoms with Crippen LogP contribution in [0.3, 0.4) is 0 Å². The zero-order chi connectivity index (χ0) is 43.0. The summed E-state index contributed by atoms with van der Waals surface area (Å²) in [5.41, 5.74) is 0. The summed E-state index contributed by atoms with van der Waals surface area (Å²) in [5.74, 6) is -1.00. The molecule has 0 rings (SSSR count). The molecule has 59 heavy (non-hydrogen) atoms. The van der Waals surface area contributed by atoms with Crippen molar-refractivity contribution in [1.82, 2.24) is 0 Å². The number of hydrogen-bond donors (Lipinski definition) is 0. The van der Waals surface area contributed by atoms with E-state index < -0.39 is 6.10 Å². The Hall–Kier alpha value is -3.93. The average molecular weight is 817 g/mol. The zero-order valence-corrected chi connectivity index (χ0v) is 37.7. The topological polar surface area (TPSA) is 78.9 Å². The molecule has 0 fully saturated rings. The molecule has 0 aliphatic heterocycles. The van der Waals surface area contributed by atoms with Crippen LogP contribution in [-0.4, -0.2) is 37.2 Å². The van der Waals surface area contributed by atoms with E-state index in [0.29, 0.717) is 12.8 Å². The number of ether oxygens (including phenoxy) is 3. The highest BCUT2D eigenvalue weighted by Crippen LogP contribution is 2.12. The van der Waals surface area contributed by atoms with Gasteiger partial charge in [0, 0.05) is 19.3 Å². The molecule has 0 aliphatic rings. The molecule has 0 spiro atoms. The first kappa shape index (κ1) is 55.1. The molecule has 6 heteroatoms. The van der Waals surface area contributed by atoms with Crippen LogP contribution in [0, 0.1) is 0 Å². The highest BCUT2D eigenvalue weighted by molar-refractivity contribution is 5.71. The molecule has 0 radical (unpaired) electrons. The lowest BCUT2D eigenvalue weighted by molar-refractivity contribution is -0.167. The molecule has 0 aliphatic carbocycles. The second-order valence-corrected chi connectivity index (χ2v) is 15.1.